The number of amides is 1. The molecule has 0 unspecified atom stereocenters. The van der Waals surface area contributed by atoms with Crippen molar-refractivity contribution in [1.29, 1.82) is 0 Å². The molecule has 0 spiro atoms. The van der Waals surface area contributed by atoms with Crippen molar-refractivity contribution in [3.63, 3.8) is 0 Å². The second-order valence-electron chi connectivity index (χ2n) is 6.94. The Morgan fingerprint density at radius 1 is 0.967 bits per heavy atom. The van der Waals surface area contributed by atoms with Crippen LogP contribution in [0.15, 0.2) is 84.4 Å². The van der Waals surface area contributed by atoms with E-state index in [4.69, 9.17) is 0 Å². The third-order valence-corrected chi connectivity index (χ3v) is 5.78. The van der Waals surface area contributed by atoms with Gasteiger partial charge in [0.1, 0.15) is 0 Å². The number of aromatic nitrogens is 3. The van der Waals surface area contributed by atoms with Crippen LogP contribution >= 0.6 is 11.3 Å². The number of carbonyl (C=O) groups excluding carboxylic acids is 1. The van der Waals surface area contributed by atoms with Crippen LogP contribution in [0.5, 0.6) is 0 Å². The summed E-state index contributed by atoms with van der Waals surface area (Å²) in [5, 5.41) is 12.2. The van der Waals surface area contributed by atoms with E-state index in [-0.39, 0.29) is 5.91 Å². The van der Waals surface area contributed by atoms with E-state index in [2.05, 4.69) is 45.7 Å². The zero-order valence-electron chi connectivity index (χ0n) is 16.2. The van der Waals surface area contributed by atoms with Crippen LogP contribution in [0.1, 0.15) is 16.1 Å². The standard InChI is InChI=1S/C24H18N4OS/c1-16-21(14-25-28(16)20-9-3-2-4-10-20)23(29)27-24-26-22(15-30-24)19-12-11-17-7-5-6-8-18(17)13-19/h2-15H,1H3,(H,26,27,29). The van der Waals surface area contributed by atoms with E-state index in [0.29, 0.717) is 10.7 Å². The molecule has 0 saturated carbocycles. The molecule has 0 aliphatic rings. The largest absolute Gasteiger partial charge is 0.298 e. The van der Waals surface area contributed by atoms with Gasteiger partial charge in [0.15, 0.2) is 5.13 Å². The van der Waals surface area contributed by atoms with Gasteiger partial charge in [0.05, 0.1) is 28.8 Å². The molecule has 146 valence electrons. The van der Waals surface area contributed by atoms with Gasteiger partial charge in [-0.1, -0.05) is 54.6 Å². The number of benzene rings is 3. The van der Waals surface area contributed by atoms with Gasteiger partial charge in [0, 0.05) is 10.9 Å². The van der Waals surface area contributed by atoms with Crippen LogP contribution in [-0.4, -0.2) is 20.7 Å². The van der Waals surface area contributed by atoms with Crippen LogP contribution in [0.2, 0.25) is 0 Å². The first-order chi connectivity index (χ1) is 14.7. The normalized spacial score (nSPS) is 11.0. The maximum atomic E-state index is 12.8. The van der Waals surface area contributed by atoms with Gasteiger partial charge in [-0.2, -0.15) is 5.10 Å². The Labute approximate surface area is 177 Å². The van der Waals surface area contributed by atoms with Crippen LogP contribution in [0, 0.1) is 6.92 Å². The Morgan fingerprint density at radius 3 is 2.57 bits per heavy atom. The van der Waals surface area contributed by atoms with Crippen molar-refractivity contribution in [3.05, 3.63) is 95.6 Å². The molecule has 0 atom stereocenters. The molecule has 2 aromatic heterocycles. The smallest absolute Gasteiger partial charge is 0.260 e. The van der Waals surface area contributed by atoms with Crippen molar-refractivity contribution < 1.29 is 4.79 Å². The molecule has 5 nitrogen and oxygen atoms in total. The lowest BCUT2D eigenvalue weighted by molar-refractivity contribution is 0.102. The number of fused-ring (bicyclic) bond motifs is 1. The first-order valence-electron chi connectivity index (χ1n) is 9.55. The maximum Gasteiger partial charge on any atom is 0.260 e. The average molecular weight is 411 g/mol. The summed E-state index contributed by atoms with van der Waals surface area (Å²) in [5.74, 6) is -0.214. The fourth-order valence-corrected chi connectivity index (χ4v) is 4.15. The van der Waals surface area contributed by atoms with E-state index >= 15 is 0 Å². The highest BCUT2D eigenvalue weighted by molar-refractivity contribution is 7.14. The summed E-state index contributed by atoms with van der Waals surface area (Å²) in [7, 11) is 0. The Morgan fingerprint density at radius 2 is 1.73 bits per heavy atom. The third kappa shape index (κ3) is 3.38. The van der Waals surface area contributed by atoms with E-state index in [0.717, 1.165) is 28.0 Å². The minimum atomic E-state index is -0.214. The van der Waals surface area contributed by atoms with Crippen molar-refractivity contribution in [1.82, 2.24) is 14.8 Å². The molecule has 0 bridgehead atoms. The van der Waals surface area contributed by atoms with E-state index in [1.54, 1.807) is 10.9 Å². The van der Waals surface area contributed by atoms with Gasteiger partial charge >= 0.3 is 0 Å². The maximum absolute atomic E-state index is 12.8. The van der Waals surface area contributed by atoms with Gasteiger partial charge < -0.3 is 0 Å². The molecule has 0 aliphatic carbocycles. The molecule has 0 aliphatic heterocycles. The Kier molecular flexibility index (Phi) is 4.61. The Bertz CT molecular complexity index is 1350. The molecule has 2 heterocycles. The van der Waals surface area contributed by atoms with Crippen molar-refractivity contribution in [2.45, 2.75) is 6.92 Å². The lowest BCUT2D eigenvalue weighted by Gasteiger charge is -2.05. The number of nitrogens with one attached hydrogen (secondary N) is 1. The number of anilines is 1. The number of carbonyl (C=O) groups is 1. The molecule has 1 amide bonds. The minimum Gasteiger partial charge on any atom is -0.298 e. The van der Waals surface area contributed by atoms with Crippen molar-refractivity contribution in [2.75, 3.05) is 5.32 Å². The SMILES string of the molecule is Cc1c(C(=O)Nc2nc(-c3ccc4ccccc4c3)cs2)cnn1-c1ccccc1. The summed E-state index contributed by atoms with van der Waals surface area (Å²) >= 11 is 1.41. The van der Waals surface area contributed by atoms with E-state index in [1.807, 2.05) is 54.8 Å². The summed E-state index contributed by atoms with van der Waals surface area (Å²) in [6.45, 7) is 1.89. The molecule has 5 aromatic rings. The van der Waals surface area contributed by atoms with E-state index in [9.17, 15) is 4.79 Å². The quantitative estimate of drug-likeness (QED) is 0.413. The van der Waals surface area contributed by atoms with Gasteiger partial charge in [0.25, 0.3) is 5.91 Å². The third-order valence-electron chi connectivity index (χ3n) is 5.03. The van der Waals surface area contributed by atoms with Gasteiger partial charge in [-0.25, -0.2) is 9.67 Å². The fourth-order valence-electron chi connectivity index (χ4n) is 3.44. The van der Waals surface area contributed by atoms with Crippen LogP contribution < -0.4 is 5.32 Å². The number of hydrogen-bond acceptors (Lipinski definition) is 4. The zero-order valence-corrected chi connectivity index (χ0v) is 17.1. The lowest BCUT2D eigenvalue weighted by Crippen LogP contribution is -2.13. The molecular formula is C24H18N4OS. The molecule has 6 heteroatoms. The molecule has 5 rings (SSSR count). The first kappa shape index (κ1) is 18.3. The number of rotatable bonds is 4. The summed E-state index contributed by atoms with van der Waals surface area (Å²) in [4.78, 5) is 17.4. The predicted octanol–water partition coefficient (Wildman–Crippen LogP) is 5.71. The fraction of sp³-hybridized carbons (Fsp3) is 0.0417. The van der Waals surface area contributed by atoms with Crippen molar-refractivity contribution in [3.8, 4) is 16.9 Å². The molecule has 1 N–H and O–H groups in total. The van der Waals surface area contributed by atoms with Crippen LogP contribution in [0.4, 0.5) is 5.13 Å². The van der Waals surface area contributed by atoms with Gasteiger partial charge in [-0.3, -0.25) is 10.1 Å². The highest BCUT2D eigenvalue weighted by Gasteiger charge is 2.17. The molecule has 0 fully saturated rings. The summed E-state index contributed by atoms with van der Waals surface area (Å²) < 4.78 is 1.76. The van der Waals surface area contributed by atoms with Crippen LogP contribution in [0.3, 0.4) is 0 Å². The van der Waals surface area contributed by atoms with Crippen molar-refractivity contribution >= 4 is 33.1 Å². The van der Waals surface area contributed by atoms with Gasteiger partial charge in [0.2, 0.25) is 0 Å². The van der Waals surface area contributed by atoms with Crippen LogP contribution in [-0.2, 0) is 0 Å². The average Bonchev–Trinajstić information content (AvgIpc) is 3.40. The van der Waals surface area contributed by atoms with Gasteiger partial charge in [-0.05, 0) is 35.9 Å². The number of hydrogen-bond donors (Lipinski definition) is 1. The second-order valence-corrected chi connectivity index (χ2v) is 7.80. The van der Waals surface area contributed by atoms with E-state index < -0.39 is 0 Å². The lowest BCUT2D eigenvalue weighted by atomic mass is 10.1. The Balaban J connectivity index is 1.37. The molecule has 0 radical (unpaired) electrons. The minimum absolute atomic E-state index is 0.214. The predicted molar refractivity (Wildman–Crippen MR) is 121 cm³/mol. The molecule has 3 aromatic carbocycles. The zero-order chi connectivity index (χ0) is 20.5. The summed E-state index contributed by atoms with van der Waals surface area (Å²) in [5.41, 5.74) is 4.10. The molecule has 30 heavy (non-hydrogen) atoms. The second kappa shape index (κ2) is 7.57. The van der Waals surface area contributed by atoms with Gasteiger partial charge in [-0.15, -0.1) is 11.3 Å². The van der Waals surface area contributed by atoms with E-state index in [1.165, 1.54) is 16.7 Å². The molecular weight excluding hydrogens is 392 g/mol. The number of para-hydroxylation sites is 1. The summed E-state index contributed by atoms with van der Waals surface area (Å²) in [6.07, 6.45) is 1.59. The monoisotopic (exact) mass is 410 g/mol. The highest BCUT2D eigenvalue weighted by Crippen LogP contribution is 2.28. The first-order valence-corrected chi connectivity index (χ1v) is 10.4. The topological polar surface area (TPSA) is 59.8 Å². The van der Waals surface area contributed by atoms with Crippen molar-refractivity contribution in [2.24, 2.45) is 0 Å². The number of nitrogens with zero attached hydrogens (tertiary/aromatic N) is 3. The number of thiazole rings is 1. The Hall–Kier alpha value is -3.77. The molecule has 0 saturated heterocycles. The van der Waals surface area contributed by atoms with Crippen LogP contribution in [0.25, 0.3) is 27.7 Å². The highest BCUT2D eigenvalue weighted by atomic mass is 32.1. The summed E-state index contributed by atoms with van der Waals surface area (Å²) in [6, 6.07) is 24.2.